The maximum absolute atomic E-state index is 12.6. The van der Waals surface area contributed by atoms with Gasteiger partial charge < -0.3 is 13.9 Å². The number of carbonyl (C=O) groups excluding carboxylic acids is 1. The molecule has 0 atom stereocenters. The maximum Gasteiger partial charge on any atom is 0.308 e. The number of benzene rings is 2. The molecular weight excluding hydrogens is 308 g/mol. The van der Waals surface area contributed by atoms with E-state index in [9.17, 15) is 9.59 Å². The summed E-state index contributed by atoms with van der Waals surface area (Å²) in [6, 6.07) is 12.2. The molecule has 0 spiro atoms. The van der Waals surface area contributed by atoms with Crippen molar-refractivity contribution in [3.05, 3.63) is 64.5 Å². The zero-order valence-electron chi connectivity index (χ0n) is 13.4. The smallest absolute Gasteiger partial charge is 0.308 e. The summed E-state index contributed by atoms with van der Waals surface area (Å²) in [6.07, 6.45) is 1.88. The van der Waals surface area contributed by atoms with Crippen LogP contribution in [0.2, 0.25) is 0 Å². The molecule has 122 valence electrons. The van der Waals surface area contributed by atoms with Crippen molar-refractivity contribution in [3.63, 3.8) is 0 Å². The minimum Gasteiger partial charge on any atom is -0.460 e. The van der Waals surface area contributed by atoms with E-state index in [1.807, 2.05) is 25.1 Å². The van der Waals surface area contributed by atoms with Gasteiger partial charge in [-0.05, 0) is 30.2 Å². The molecule has 0 fully saturated rings. The summed E-state index contributed by atoms with van der Waals surface area (Å²) in [5, 5.41) is 0.385. The van der Waals surface area contributed by atoms with E-state index in [-0.39, 0.29) is 11.2 Å². The molecule has 0 aliphatic heterocycles. The number of fused-ring (bicyclic) bond motifs is 1. The molecule has 0 unspecified atom stereocenters. The Hall–Kier alpha value is -3.08. The van der Waals surface area contributed by atoms with Crippen LogP contribution in [-0.2, 0) is 11.2 Å². The molecule has 5 heteroatoms. The number of esters is 1. The van der Waals surface area contributed by atoms with Crippen LogP contribution in [0.3, 0.4) is 0 Å². The molecule has 0 radical (unpaired) electrons. The van der Waals surface area contributed by atoms with Gasteiger partial charge in [0.1, 0.15) is 23.3 Å². The zero-order chi connectivity index (χ0) is 17.1. The van der Waals surface area contributed by atoms with E-state index in [0.717, 1.165) is 5.56 Å². The average Bonchev–Trinajstić information content (AvgIpc) is 2.57. The molecular formula is C19H16O5. The van der Waals surface area contributed by atoms with Crippen molar-refractivity contribution in [2.75, 3.05) is 0 Å². The van der Waals surface area contributed by atoms with Crippen LogP contribution in [0.5, 0.6) is 17.2 Å². The van der Waals surface area contributed by atoms with Gasteiger partial charge >= 0.3 is 5.97 Å². The van der Waals surface area contributed by atoms with E-state index in [0.29, 0.717) is 28.9 Å². The predicted octanol–water partition coefficient (Wildman–Crippen LogP) is 4.07. The minimum absolute atomic E-state index is 0.107. The normalized spacial score (nSPS) is 10.6. The van der Waals surface area contributed by atoms with Crippen molar-refractivity contribution in [3.8, 4) is 17.2 Å². The Bertz CT molecular complexity index is 941. The maximum atomic E-state index is 12.6. The third-order valence-corrected chi connectivity index (χ3v) is 3.53. The lowest BCUT2D eigenvalue weighted by Crippen LogP contribution is -2.08. The summed E-state index contributed by atoms with van der Waals surface area (Å²) < 4.78 is 16.3. The largest absolute Gasteiger partial charge is 0.460 e. The second kappa shape index (κ2) is 6.58. The first kappa shape index (κ1) is 15.8. The van der Waals surface area contributed by atoms with E-state index < -0.39 is 5.97 Å². The molecule has 0 saturated carbocycles. The van der Waals surface area contributed by atoms with E-state index in [1.165, 1.54) is 13.2 Å². The van der Waals surface area contributed by atoms with E-state index in [2.05, 4.69) is 0 Å². The highest BCUT2D eigenvalue weighted by molar-refractivity contribution is 5.82. The number of aryl methyl sites for hydroxylation is 1. The molecule has 1 heterocycles. The molecule has 0 aliphatic rings. The molecule has 3 rings (SSSR count). The van der Waals surface area contributed by atoms with Crippen LogP contribution in [0.25, 0.3) is 11.0 Å². The average molecular weight is 324 g/mol. The molecule has 1 aromatic heterocycles. The summed E-state index contributed by atoms with van der Waals surface area (Å²) in [4.78, 5) is 23.8. The van der Waals surface area contributed by atoms with Gasteiger partial charge in [-0.3, -0.25) is 9.59 Å². The van der Waals surface area contributed by atoms with Gasteiger partial charge in [-0.2, -0.15) is 0 Å². The molecule has 0 amide bonds. The fraction of sp³-hybridized carbons (Fsp3) is 0.158. The van der Waals surface area contributed by atoms with Gasteiger partial charge in [0.2, 0.25) is 11.2 Å². The molecule has 5 nitrogen and oxygen atoms in total. The number of para-hydroxylation sites is 1. The molecule has 3 aromatic rings. The molecule has 2 aromatic carbocycles. The number of carbonyl (C=O) groups is 1. The summed E-state index contributed by atoms with van der Waals surface area (Å²) in [7, 11) is 0. The summed E-state index contributed by atoms with van der Waals surface area (Å²) in [5.41, 5.74) is 0.819. The van der Waals surface area contributed by atoms with Crippen LogP contribution in [0.4, 0.5) is 0 Å². The second-order valence-electron chi connectivity index (χ2n) is 5.25. The van der Waals surface area contributed by atoms with Crippen LogP contribution >= 0.6 is 0 Å². The van der Waals surface area contributed by atoms with Crippen molar-refractivity contribution in [1.29, 1.82) is 0 Å². The summed E-state index contributed by atoms with van der Waals surface area (Å²) in [5.74, 6) is 0.639. The first-order valence-corrected chi connectivity index (χ1v) is 7.58. The lowest BCUT2D eigenvalue weighted by Gasteiger charge is -2.10. The van der Waals surface area contributed by atoms with Crippen LogP contribution in [-0.4, -0.2) is 5.97 Å². The monoisotopic (exact) mass is 324 g/mol. The summed E-state index contributed by atoms with van der Waals surface area (Å²) >= 11 is 0. The SMILES string of the molecule is CCc1cc2c(=O)c(Oc3ccccc3)coc2cc1OC(C)=O. The van der Waals surface area contributed by atoms with Crippen LogP contribution < -0.4 is 14.9 Å². The van der Waals surface area contributed by atoms with Crippen molar-refractivity contribution < 1.29 is 18.7 Å². The van der Waals surface area contributed by atoms with Gasteiger partial charge in [-0.15, -0.1) is 0 Å². The first-order valence-electron chi connectivity index (χ1n) is 7.58. The lowest BCUT2D eigenvalue weighted by atomic mass is 10.1. The number of ether oxygens (including phenoxy) is 2. The van der Waals surface area contributed by atoms with Crippen molar-refractivity contribution in [2.24, 2.45) is 0 Å². The van der Waals surface area contributed by atoms with Crippen LogP contribution in [0.15, 0.2) is 57.9 Å². The van der Waals surface area contributed by atoms with E-state index in [4.69, 9.17) is 13.9 Å². The minimum atomic E-state index is -0.421. The Morgan fingerprint density at radius 3 is 2.54 bits per heavy atom. The Balaban J connectivity index is 2.08. The number of hydrogen-bond donors (Lipinski definition) is 0. The standard InChI is InChI=1S/C19H16O5/c1-3-13-9-15-17(10-16(13)23-12(2)20)22-11-18(19(15)21)24-14-7-5-4-6-8-14/h4-11H,3H2,1-2H3. The Kier molecular flexibility index (Phi) is 4.33. The molecule has 24 heavy (non-hydrogen) atoms. The highest BCUT2D eigenvalue weighted by Gasteiger charge is 2.14. The van der Waals surface area contributed by atoms with Gasteiger partial charge in [-0.1, -0.05) is 25.1 Å². The highest BCUT2D eigenvalue weighted by atomic mass is 16.5. The molecule has 0 saturated heterocycles. The van der Waals surface area contributed by atoms with E-state index >= 15 is 0 Å². The van der Waals surface area contributed by atoms with Gasteiger partial charge in [0.25, 0.3) is 0 Å². The number of rotatable bonds is 4. The fourth-order valence-corrected chi connectivity index (χ4v) is 2.40. The van der Waals surface area contributed by atoms with Gasteiger partial charge in [-0.25, -0.2) is 0 Å². The third kappa shape index (κ3) is 3.15. The second-order valence-corrected chi connectivity index (χ2v) is 5.25. The third-order valence-electron chi connectivity index (χ3n) is 3.53. The molecule has 0 bridgehead atoms. The highest BCUT2D eigenvalue weighted by Crippen LogP contribution is 2.27. The number of hydrogen-bond acceptors (Lipinski definition) is 5. The van der Waals surface area contributed by atoms with Gasteiger partial charge in [0, 0.05) is 13.0 Å². The quantitative estimate of drug-likeness (QED) is 0.534. The van der Waals surface area contributed by atoms with Crippen molar-refractivity contribution in [2.45, 2.75) is 20.3 Å². The first-order chi connectivity index (χ1) is 11.6. The predicted molar refractivity (Wildman–Crippen MR) is 89.7 cm³/mol. The molecule has 0 aliphatic carbocycles. The summed E-state index contributed by atoms with van der Waals surface area (Å²) in [6.45, 7) is 3.25. The lowest BCUT2D eigenvalue weighted by molar-refractivity contribution is -0.131. The van der Waals surface area contributed by atoms with Crippen molar-refractivity contribution in [1.82, 2.24) is 0 Å². The van der Waals surface area contributed by atoms with Crippen LogP contribution in [0.1, 0.15) is 19.4 Å². The fourth-order valence-electron chi connectivity index (χ4n) is 2.40. The Labute approximate surface area is 138 Å². The topological polar surface area (TPSA) is 65.7 Å². The molecule has 0 N–H and O–H groups in total. The van der Waals surface area contributed by atoms with Gasteiger partial charge in [0.05, 0.1) is 5.39 Å². The zero-order valence-corrected chi connectivity index (χ0v) is 13.4. The van der Waals surface area contributed by atoms with Crippen LogP contribution in [0, 0.1) is 0 Å². The van der Waals surface area contributed by atoms with E-state index in [1.54, 1.807) is 24.3 Å². The van der Waals surface area contributed by atoms with Gasteiger partial charge in [0.15, 0.2) is 0 Å². The van der Waals surface area contributed by atoms with Crippen molar-refractivity contribution >= 4 is 16.9 Å². The Morgan fingerprint density at radius 2 is 1.88 bits per heavy atom. The Morgan fingerprint density at radius 1 is 1.12 bits per heavy atom.